The first-order chi connectivity index (χ1) is 31.4. The van der Waals surface area contributed by atoms with E-state index in [-0.39, 0.29) is 63.3 Å². The topological polar surface area (TPSA) is 100 Å². The second-order valence-corrected chi connectivity index (χ2v) is 31.4. The number of hydrogen-bond acceptors (Lipinski definition) is 5. The van der Waals surface area contributed by atoms with Gasteiger partial charge in [0.05, 0.1) is 5.52 Å². The first kappa shape index (κ1) is 58.5. The fourth-order valence-corrected chi connectivity index (χ4v) is 11.1. The van der Waals surface area contributed by atoms with Crippen molar-refractivity contribution in [1.82, 2.24) is 4.57 Å². The Labute approximate surface area is 455 Å². The molecule has 3 aliphatic carbocycles. The molecule has 3 saturated carbocycles. The Morgan fingerprint density at radius 2 is 0.942 bits per heavy atom. The molecular weight excluding hydrogens is 1260 g/mol. The van der Waals surface area contributed by atoms with E-state index in [1.807, 2.05) is 76.3 Å². The Bertz CT molecular complexity index is 2770. The van der Waals surface area contributed by atoms with E-state index >= 15 is 0 Å². The van der Waals surface area contributed by atoms with Gasteiger partial charge in [0.15, 0.2) is 0 Å². The molecule has 3 aliphatic heterocycles. The zero-order valence-electron chi connectivity index (χ0n) is 38.4. The average molecular weight is 1330 g/mol. The van der Waals surface area contributed by atoms with Crippen LogP contribution in [0.5, 0.6) is 0 Å². The van der Waals surface area contributed by atoms with Crippen LogP contribution in [-0.4, -0.2) is 49.7 Å². The van der Waals surface area contributed by atoms with Crippen LogP contribution in [0.3, 0.4) is 0 Å². The average Bonchev–Trinajstić information content (AvgIpc) is 4.17. The number of carbonyl (C=O) groups is 4. The third-order valence-corrected chi connectivity index (χ3v) is 16.2. The molecule has 0 spiro atoms. The van der Waals surface area contributed by atoms with Crippen molar-refractivity contribution in [3.63, 3.8) is 0 Å². The normalized spacial score (nSPS) is 20.8. The molecular formula is C55H66Br2I2N4O5V. The number of anilines is 3. The molecule has 369 valence electrons. The Morgan fingerprint density at radius 3 is 1.38 bits per heavy atom. The van der Waals surface area contributed by atoms with E-state index in [2.05, 4.69) is 117 Å². The number of benzene rings is 4. The van der Waals surface area contributed by atoms with E-state index in [4.69, 9.17) is 0 Å². The van der Waals surface area contributed by atoms with Crippen molar-refractivity contribution in [3.05, 3.63) is 143 Å². The summed E-state index contributed by atoms with van der Waals surface area (Å²) in [4.78, 5) is 63.3. The van der Waals surface area contributed by atoms with Crippen LogP contribution in [0, 0.1) is 45.4 Å². The summed E-state index contributed by atoms with van der Waals surface area (Å²) in [5.41, 5.74) is 15.5. The van der Waals surface area contributed by atoms with E-state index < -0.39 is 0 Å². The van der Waals surface area contributed by atoms with Crippen LogP contribution in [0.15, 0.2) is 87.1 Å². The summed E-state index contributed by atoms with van der Waals surface area (Å²) in [6.07, 6.45) is 7.28. The third kappa shape index (κ3) is 11.4. The van der Waals surface area contributed by atoms with Crippen LogP contribution >= 0.6 is 71.8 Å². The van der Waals surface area contributed by atoms with Crippen molar-refractivity contribution in [1.29, 1.82) is 0 Å². The van der Waals surface area contributed by atoms with Crippen LogP contribution in [0.2, 0.25) is 0 Å². The molecule has 0 N–H and O–H groups in total. The van der Waals surface area contributed by atoms with E-state index in [9.17, 15) is 24.0 Å². The van der Waals surface area contributed by atoms with Gasteiger partial charge in [0, 0.05) is 89.8 Å². The number of fused-ring (bicyclic) bond motifs is 10. The van der Waals surface area contributed by atoms with Crippen molar-refractivity contribution in [2.24, 2.45) is 24.8 Å². The molecule has 3 amide bonds. The number of amides is 3. The molecule has 6 aliphatic rings. The van der Waals surface area contributed by atoms with Gasteiger partial charge < -0.3 is 24.1 Å². The van der Waals surface area contributed by atoms with Crippen molar-refractivity contribution >= 4 is 124 Å². The molecule has 14 heteroatoms. The number of rotatable bonds is 4. The molecule has 1 aromatic heterocycles. The summed E-state index contributed by atoms with van der Waals surface area (Å²) in [7, 11) is 8.00. The molecule has 6 unspecified atom stereocenters. The predicted octanol–water partition coefficient (Wildman–Crippen LogP) is 13.7. The van der Waals surface area contributed by atoms with E-state index in [0.717, 1.165) is 75.5 Å². The third-order valence-electron chi connectivity index (χ3n) is 14.1. The molecule has 0 bridgehead atoms. The second-order valence-electron chi connectivity index (χ2n) is 18.0. The number of nitrogens with zero attached hydrogens (tertiary/aromatic N) is 4. The summed E-state index contributed by atoms with van der Waals surface area (Å²) in [5.74, 6) is 2.77. The first-order valence-electron chi connectivity index (χ1n) is 22.0. The molecule has 69 heavy (non-hydrogen) atoms. The van der Waals surface area contributed by atoms with Gasteiger partial charge in [-0.15, -0.1) is 6.58 Å². The van der Waals surface area contributed by atoms with Crippen LogP contribution in [-0.2, 0) is 48.5 Å². The number of aromatic nitrogens is 1. The van der Waals surface area contributed by atoms with Gasteiger partial charge in [-0.05, 0) is 167 Å². The number of halogens is 4. The summed E-state index contributed by atoms with van der Waals surface area (Å²) in [6.45, 7) is 12.2. The van der Waals surface area contributed by atoms with Crippen LogP contribution in [0.4, 0.5) is 17.1 Å². The Morgan fingerprint density at radius 1 is 0.565 bits per heavy atom. The Kier molecular flexibility index (Phi) is 20.4. The van der Waals surface area contributed by atoms with Crippen molar-refractivity contribution < 1.29 is 28.6 Å². The number of hydrogen-bond donors (Lipinski definition) is 0. The second kappa shape index (κ2) is 24.1. The fourth-order valence-electron chi connectivity index (χ4n) is 10.0. The van der Waals surface area contributed by atoms with Gasteiger partial charge in [-0.3, -0.25) is 19.2 Å². The SMILES string of the molecule is C.C.C.C=CCc1c(C)ccc2c1C1CC1C(=O)N2C.Cc1ccc2c(c1Br)C1CC1C(=O)N2C.Cc1ccc2c(c1CC=O)C1CC1C(=O)N2C.Cc1ccc2c(ccc(=O)n2C)c1Br.[I][V][I]. The predicted molar refractivity (Wildman–Crippen MR) is 308 cm³/mol. The van der Waals surface area contributed by atoms with Crippen molar-refractivity contribution in [2.45, 2.75) is 99.8 Å². The molecule has 0 radical (unpaired) electrons. The molecule has 11 rings (SSSR count). The Hall–Kier alpha value is -3.09. The Balaban J connectivity index is 0.000000194. The maximum atomic E-state index is 12.0. The summed E-state index contributed by atoms with van der Waals surface area (Å²) >= 11 is 11.9. The van der Waals surface area contributed by atoms with Gasteiger partial charge in [-0.25, -0.2) is 0 Å². The molecule has 6 atom stereocenters. The minimum absolute atomic E-state index is 0. The van der Waals surface area contributed by atoms with Gasteiger partial charge in [0.1, 0.15) is 6.29 Å². The van der Waals surface area contributed by atoms with Gasteiger partial charge in [-0.2, -0.15) is 0 Å². The number of aldehydes is 1. The maximum absolute atomic E-state index is 12.0. The van der Waals surface area contributed by atoms with Gasteiger partial charge in [-0.1, -0.05) is 68.6 Å². The zero-order chi connectivity index (χ0) is 48.0. The summed E-state index contributed by atoms with van der Waals surface area (Å²) in [6, 6.07) is 19.8. The van der Waals surface area contributed by atoms with E-state index in [1.165, 1.54) is 43.4 Å². The van der Waals surface area contributed by atoms with Crippen molar-refractivity contribution in [3.8, 4) is 0 Å². The van der Waals surface area contributed by atoms with E-state index in [0.29, 0.717) is 33.6 Å². The number of aryl methyl sites for hydroxylation is 5. The molecule has 4 heterocycles. The standard InChI is InChI=1S/C15H17NO.C14H15NO2.C12H12BrNO.C11H10BrNO.3CH4.2HI.V/c1-4-5-10-9(2)6-7-13-14(10)11-8-12(11)15(17)16(13)3;1-8-3-4-12-13(9(8)5-6-16)10-7-11(10)14(17)15(12)2;1-6-3-4-9-10(11(6)13)7-5-8(7)12(15)14(9)2;1-7-3-5-9-8(11(7)12)4-6-10(14)13(9)2;;;;;;/h4,6-7,11-12H,1,5,8H2,2-3H3;3-4,6,10-11H,5,7H2,1-2H3;3-4,7-8H,5H2,1-2H3;3-6H,1-2H3;3*1H4;2*1H;/q;;;;;;;;;+2/p-2. The van der Waals surface area contributed by atoms with Gasteiger partial charge in [0.2, 0.25) is 17.7 Å². The zero-order valence-corrected chi connectivity index (χ0v) is 47.3. The van der Waals surface area contributed by atoms with Gasteiger partial charge >= 0.3 is 49.4 Å². The monoisotopic (exact) mass is 1330 g/mol. The van der Waals surface area contributed by atoms with Crippen LogP contribution in [0.25, 0.3) is 10.9 Å². The number of pyridine rings is 1. The number of carbonyl (C=O) groups excluding carboxylic acids is 4. The number of allylic oxidation sites excluding steroid dienone is 1. The molecule has 0 saturated heterocycles. The molecule has 9 nitrogen and oxygen atoms in total. The molecule has 5 aromatic rings. The van der Waals surface area contributed by atoms with Crippen LogP contribution in [0.1, 0.15) is 109 Å². The minimum atomic E-state index is 0. The fraction of sp³-hybridized carbons (Fsp3) is 0.400. The van der Waals surface area contributed by atoms with E-state index in [1.54, 1.807) is 27.5 Å². The molecule has 4 aromatic carbocycles. The summed E-state index contributed by atoms with van der Waals surface area (Å²) < 4.78 is 3.90. The summed E-state index contributed by atoms with van der Waals surface area (Å²) in [5, 5.41) is 1.08. The first-order valence-corrected chi connectivity index (χ1v) is 32.6. The quantitative estimate of drug-likeness (QED) is 0.101. The molecule has 3 fully saturated rings. The van der Waals surface area contributed by atoms with Crippen molar-refractivity contribution in [2.75, 3.05) is 35.8 Å². The van der Waals surface area contributed by atoms with Gasteiger partial charge in [0.25, 0.3) is 5.56 Å². The van der Waals surface area contributed by atoms with Crippen LogP contribution < -0.4 is 20.3 Å².